The lowest BCUT2D eigenvalue weighted by molar-refractivity contribution is -0.136. The van der Waals surface area contributed by atoms with Gasteiger partial charge in [0.15, 0.2) is 0 Å². The summed E-state index contributed by atoms with van der Waals surface area (Å²) in [4.78, 5) is 75.5. The number of unbranched alkanes of at least 4 members (excludes halogenated alkanes) is 1. The van der Waals surface area contributed by atoms with Crippen molar-refractivity contribution in [3.63, 3.8) is 0 Å². The molecule has 3 fully saturated rings. The maximum absolute atomic E-state index is 13.8. The van der Waals surface area contributed by atoms with Crippen LogP contribution in [0.4, 0.5) is 10.7 Å². The molecular weight excluding hydrogens is 636 g/mol. The molecule has 0 saturated carbocycles. The van der Waals surface area contributed by atoms with Crippen LogP contribution in [0.5, 0.6) is 0 Å². The number of hydrogen-bond acceptors (Lipinski definition) is 9. The van der Waals surface area contributed by atoms with Crippen molar-refractivity contribution in [1.29, 1.82) is 0 Å². The van der Waals surface area contributed by atoms with Crippen LogP contribution >= 0.6 is 11.8 Å². The van der Waals surface area contributed by atoms with Crippen molar-refractivity contribution in [3.05, 3.63) is 64.1 Å². The predicted octanol–water partition coefficient (Wildman–Crippen LogP) is 1.61. The van der Waals surface area contributed by atoms with Crippen molar-refractivity contribution < 1.29 is 24.3 Å². The molecule has 6 rings (SSSR count). The van der Waals surface area contributed by atoms with E-state index >= 15 is 0 Å². The van der Waals surface area contributed by atoms with Gasteiger partial charge >= 0.3 is 12.0 Å². The van der Waals surface area contributed by atoms with Crippen LogP contribution in [0, 0.1) is 0 Å². The summed E-state index contributed by atoms with van der Waals surface area (Å²) in [7, 11) is 0. The highest BCUT2D eigenvalue weighted by atomic mass is 32.2. The maximum Gasteiger partial charge on any atom is 0.341 e. The number of aromatic carboxylic acids is 1. The second kappa shape index (κ2) is 14.6. The molecule has 4 amide bonds. The van der Waals surface area contributed by atoms with Crippen LogP contribution in [-0.2, 0) is 22.6 Å². The number of fused-ring (bicyclic) bond motifs is 2. The normalized spacial score (nSPS) is 21.0. The Bertz CT molecular complexity index is 1750. The first-order valence-electron chi connectivity index (χ1n) is 16.4. The lowest BCUT2D eigenvalue weighted by atomic mass is 10.0. The largest absolute Gasteiger partial charge is 0.477 e. The summed E-state index contributed by atoms with van der Waals surface area (Å²) in [6.45, 7) is 3.95. The first-order chi connectivity index (χ1) is 23.2. The van der Waals surface area contributed by atoms with Gasteiger partial charge in [0.2, 0.25) is 23.2 Å². The van der Waals surface area contributed by atoms with Crippen LogP contribution in [0.25, 0.3) is 11.0 Å². The number of carbonyl (C=O) groups excluding carboxylic acids is 3. The number of aryl methyl sites for hydroxylation is 1. The maximum atomic E-state index is 13.8. The molecule has 3 aliphatic heterocycles. The van der Waals surface area contributed by atoms with E-state index in [-0.39, 0.29) is 40.9 Å². The number of hydrogen-bond donors (Lipinski definition) is 4. The van der Waals surface area contributed by atoms with E-state index < -0.39 is 17.4 Å². The average molecular weight is 677 g/mol. The lowest BCUT2D eigenvalue weighted by Crippen LogP contribution is -2.55. The standard InChI is InChI=1S/C33H40N8O6S/c1-2-39-18-22(31(45)46)28(43)21-17-34-32(38-29(21)39)41-14-12-40(13-15-41)30(44)23(16-20-8-4-3-5-9-20)35-26(42)11-7-6-10-25-27-24(19-48-25)36-33(47)37-27/h3-5,8-9,17-18,23-25,27H,2,6-7,10-16,19H2,1H3,(H,35,42)(H,45,46)(H2,36,37,47)/t23-,24-,25-,27-/m0/s1. The molecule has 14 nitrogen and oxygen atoms in total. The van der Waals surface area contributed by atoms with E-state index in [1.165, 1.54) is 12.4 Å². The van der Waals surface area contributed by atoms with Gasteiger partial charge in [0.05, 0.1) is 17.5 Å². The van der Waals surface area contributed by atoms with Gasteiger partial charge in [-0.15, -0.1) is 0 Å². The minimum atomic E-state index is -1.30. The summed E-state index contributed by atoms with van der Waals surface area (Å²) in [6, 6.07) is 9.13. The summed E-state index contributed by atoms with van der Waals surface area (Å²) < 4.78 is 1.62. The highest BCUT2D eigenvalue weighted by Crippen LogP contribution is 2.33. The van der Waals surface area contributed by atoms with Crippen molar-refractivity contribution >= 4 is 52.6 Å². The Kier molecular flexibility index (Phi) is 10.1. The van der Waals surface area contributed by atoms with Crippen molar-refractivity contribution in [2.24, 2.45) is 0 Å². The monoisotopic (exact) mass is 676 g/mol. The van der Waals surface area contributed by atoms with E-state index in [0.29, 0.717) is 68.8 Å². The Labute approximate surface area is 281 Å². The molecule has 4 N–H and O–H groups in total. The zero-order valence-electron chi connectivity index (χ0n) is 26.8. The van der Waals surface area contributed by atoms with E-state index in [2.05, 4.69) is 25.9 Å². The van der Waals surface area contributed by atoms with Crippen molar-refractivity contribution in [1.82, 2.24) is 35.4 Å². The molecule has 3 saturated heterocycles. The van der Waals surface area contributed by atoms with Gasteiger partial charge in [-0.05, 0) is 25.3 Å². The van der Waals surface area contributed by atoms with Gasteiger partial charge in [-0.3, -0.25) is 14.4 Å². The smallest absolute Gasteiger partial charge is 0.341 e. The zero-order valence-corrected chi connectivity index (χ0v) is 27.6. The lowest BCUT2D eigenvalue weighted by Gasteiger charge is -2.36. The molecule has 4 atom stereocenters. The number of carbonyl (C=O) groups is 4. The summed E-state index contributed by atoms with van der Waals surface area (Å²) in [6.07, 6.45) is 5.84. The van der Waals surface area contributed by atoms with Crippen molar-refractivity contribution in [3.8, 4) is 0 Å². The van der Waals surface area contributed by atoms with Gasteiger partial charge in [-0.25, -0.2) is 14.6 Å². The summed E-state index contributed by atoms with van der Waals surface area (Å²) in [5.74, 6) is -0.311. The Balaban J connectivity index is 1.06. The molecule has 15 heteroatoms. The highest BCUT2D eigenvalue weighted by Gasteiger charge is 2.42. The minimum Gasteiger partial charge on any atom is -0.477 e. The van der Waals surface area contributed by atoms with Crippen LogP contribution in [0.15, 0.2) is 47.5 Å². The molecule has 0 radical (unpaired) electrons. The number of benzene rings is 1. The molecule has 0 aliphatic carbocycles. The first-order valence-corrected chi connectivity index (χ1v) is 17.5. The Morgan fingerprint density at radius 1 is 1.08 bits per heavy atom. The Morgan fingerprint density at radius 3 is 2.58 bits per heavy atom. The predicted molar refractivity (Wildman–Crippen MR) is 181 cm³/mol. The van der Waals surface area contributed by atoms with Gasteiger partial charge in [0.1, 0.15) is 17.3 Å². The van der Waals surface area contributed by atoms with Crippen LogP contribution in [0.2, 0.25) is 0 Å². The zero-order chi connectivity index (χ0) is 33.8. The molecule has 2 aromatic heterocycles. The molecule has 1 aromatic carbocycles. The Morgan fingerprint density at radius 2 is 1.85 bits per heavy atom. The number of carboxylic acid groups (broad SMARTS) is 1. The summed E-state index contributed by atoms with van der Waals surface area (Å²) in [5.41, 5.74) is 0.352. The molecule has 0 spiro atoms. The number of anilines is 1. The molecule has 3 aromatic rings. The van der Waals surface area contributed by atoms with E-state index in [9.17, 15) is 29.1 Å². The Hall–Kier alpha value is -4.66. The van der Waals surface area contributed by atoms with E-state index in [1.807, 2.05) is 53.9 Å². The van der Waals surface area contributed by atoms with Crippen molar-refractivity contribution in [2.45, 2.75) is 68.9 Å². The first kappa shape index (κ1) is 33.2. The van der Waals surface area contributed by atoms with Crippen LogP contribution < -0.4 is 26.3 Å². The molecule has 5 heterocycles. The summed E-state index contributed by atoms with van der Waals surface area (Å²) >= 11 is 1.86. The van der Waals surface area contributed by atoms with Gasteiger partial charge in [0, 0.05) is 69.0 Å². The molecular formula is C33H40N8O6S. The van der Waals surface area contributed by atoms with Crippen molar-refractivity contribution in [2.75, 3.05) is 36.8 Å². The number of carboxylic acids is 1. The van der Waals surface area contributed by atoms with Crippen LogP contribution in [-0.4, -0.2) is 104 Å². The number of aromatic nitrogens is 3. The number of pyridine rings is 1. The number of nitrogens with one attached hydrogen (secondary N) is 3. The highest BCUT2D eigenvalue weighted by molar-refractivity contribution is 8.00. The number of urea groups is 1. The average Bonchev–Trinajstić information content (AvgIpc) is 3.65. The topological polar surface area (TPSA) is 179 Å². The second-order valence-electron chi connectivity index (χ2n) is 12.4. The minimum absolute atomic E-state index is 0.103. The fraction of sp³-hybridized carbons (Fsp3) is 0.485. The van der Waals surface area contributed by atoms with Gasteiger partial charge in [-0.1, -0.05) is 36.8 Å². The number of piperazine rings is 1. The number of rotatable bonds is 12. The molecule has 3 aliphatic rings. The second-order valence-corrected chi connectivity index (χ2v) is 13.6. The number of nitrogens with zero attached hydrogens (tertiary/aromatic N) is 5. The molecule has 0 unspecified atom stereocenters. The third kappa shape index (κ3) is 7.25. The molecule has 0 bridgehead atoms. The van der Waals surface area contributed by atoms with Crippen LogP contribution in [0.1, 0.15) is 48.5 Å². The molecule has 254 valence electrons. The van der Waals surface area contributed by atoms with Gasteiger partial charge < -0.3 is 35.4 Å². The van der Waals surface area contributed by atoms with Gasteiger partial charge in [-0.2, -0.15) is 16.7 Å². The third-order valence-electron chi connectivity index (χ3n) is 9.24. The quantitative estimate of drug-likeness (QED) is 0.163. The van der Waals surface area contributed by atoms with Gasteiger partial charge in [0.25, 0.3) is 0 Å². The fourth-order valence-corrected chi connectivity index (χ4v) is 8.19. The van der Waals surface area contributed by atoms with Crippen LogP contribution in [0.3, 0.4) is 0 Å². The number of thioether (sulfide) groups is 1. The third-order valence-corrected chi connectivity index (χ3v) is 10.8. The van der Waals surface area contributed by atoms with E-state index in [1.54, 1.807) is 9.47 Å². The fourth-order valence-electron chi connectivity index (χ4n) is 6.65. The number of amides is 4. The summed E-state index contributed by atoms with van der Waals surface area (Å²) in [5, 5.41) is 18.9. The molecule has 48 heavy (non-hydrogen) atoms. The SMILES string of the molecule is CCn1cc(C(=O)O)c(=O)c2cnc(N3CCN(C(=O)[C@H](Cc4ccccc4)NC(=O)CCCC[C@@H]4SC[C@@H]5NC(=O)N[C@@H]54)CC3)nc21. The van der Waals surface area contributed by atoms with E-state index in [0.717, 1.165) is 24.2 Å². The van der Waals surface area contributed by atoms with E-state index in [4.69, 9.17) is 0 Å².